The van der Waals surface area contributed by atoms with Gasteiger partial charge in [-0.3, -0.25) is 20.4 Å². The van der Waals surface area contributed by atoms with Crippen LogP contribution in [0.1, 0.15) is 43.4 Å². The van der Waals surface area contributed by atoms with Crippen LogP contribution in [-0.2, 0) is 9.59 Å². The zero-order valence-corrected chi connectivity index (χ0v) is 18.5. The first-order valence-electron chi connectivity index (χ1n) is 10.2. The van der Waals surface area contributed by atoms with Gasteiger partial charge in [-0.25, -0.2) is 0 Å². The monoisotopic (exact) mass is 412 g/mol. The maximum absolute atomic E-state index is 12.5. The molecule has 0 unspecified atom stereocenters. The van der Waals surface area contributed by atoms with Crippen LogP contribution in [0.5, 0.6) is 11.5 Å². The molecule has 0 aliphatic rings. The number of carbonyl (C=O) groups is 2. The predicted molar refractivity (Wildman–Crippen MR) is 117 cm³/mol. The van der Waals surface area contributed by atoms with Crippen LogP contribution in [0.4, 0.5) is 0 Å². The number of benzene rings is 2. The van der Waals surface area contributed by atoms with Crippen molar-refractivity contribution in [3.63, 3.8) is 0 Å². The summed E-state index contributed by atoms with van der Waals surface area (Å²) in [7, 11) is 0. The first kappa shape index (κ1) is 23.3. The van der Waals surface area contributed by atoms with E-state index < -0.39 is 11.3 Å². The van der Waals surface area contributed by atoms with Gasteiger partial charge in [0.2, 0.25) is 5.91 Å². The summed E-state index contributed by atoms with van der Waals surface area (Å²) < 4.78 is 11.3. The summed E-state index contributed by atoms with van der Waals surface area (Å²) in [5, 5.41) is 0. The van der Waals surface area contributed by atoms with Crippen LogP contribution >= 0.6 is 0 Å². The van der Waals surface area contributed by atoms with E-state index in [1.807, 2.05) is 65.0 Å². The van der Waals surface area contributed by atoms with E-state index >= 15 is 0 Å². The summed E-state index contributed by atoms with van der Waals surface area (Å²) in [6.45, 7) is 9.98. The highest BCUT2D eigenvalue weighted by Crippen LogP contribution is 2.24. The summed E-state index contributed by atoms with van der Waals surface area (Å²) in [5.41, 5.74) is 7.44. The van der Waals surface area contributed by atoms with Crippen LogP contribution < -0.4 is 20.3 Å². The highest BCUT2D eigenvalue weighted by molar-refractivity contribution is 5.85. The summed E-state index contributed by atoms with van der Waals surface area (Å²) in [6, 6.07) is 13.5. The molecule has 0 aliphatic carbocycles. The van der Waals surface area contributed by atoms with Crippen molar-refractivity contribution in [3.8, 4) is 11.5 Å². The van der Waals surface area contributed by atoms with E-state index in [1.54, 1.807) is 6.07 Å². The lowest BCUT2D eigenvalue weighted by molar-refractivity contribution is -0.135. The van der Waals surface area contributed by atoms with E-state index in [9.17, 15) is 9.59 Å². The second-order valence-corrected chi connectivity index (χ2v) is 8.16. The van der Waals surface area contributed by atoms with Crippen molar-refractivity contribution >= 4 is 11.8 Å². The molecule has 6 heteroatoms. The summed E-state index contributed by atoms with van der Waals surface area (Å²) >= 11 is 0. The van der Waals surface area contributed by atoms with Gasteiger partial charge < -0.3 is 9.47 Å². The van der Waals surface area contributed by atoms with E-state index in [2.05, 4.69) is 16.9 Å². The molecule has 162 valence electrons. The van der Waals surface area contributed by atoms with Crippen LogP contribution in [0.15, 0.2) is 42.5 Å². The SMILES string of the molecule is Cc1ccc(C)c(OCCCC(C)(C)C(=O)NNC(=O)COc2ccccc2C)c1. The standard InChI is InChI=1S/C24H32N2O4/c1-17-11-12-19(3)21(15-17)29-14-8-13-24(4,5)23(28)26-25-22(27)16-30-20-10-7-6-9-18(20)2/h6-7,9-12,15H,8,13-14,16H2,1-5H3,(H,25,27)(H,26,28). The minimum absolute atomic E-state index is 0.171. The number of ether oxygens (including phenoxy) is 2. The summed E-state index contributed by atoms with van der Waals surface area (Å²) in [6.07, 6.45) is 1.34. The lowest BCUT2D eigenvalue weighted by Gasteiger charge is -2.23. The Hall–Kier alpha value is -3.02. The molecule has 0 saturated carbocycles. The van der Waals surface area contributed by atoms with Crippen molar-refractivity contribution in [2.75, 3.05) is 13.2 Å². The molecule has 0 fully saturated rings. The number of hydrogen-bond donors (Lipinski definition) is 2. The van der Waals surface area contributed by atoms with Crippen LogP contribution in [0.25, 0.3) is 0 Å². The Morgan fingerprint density at radius 2 is 1.60 bits per heavy atom. The lowest BCUT2D eigenvalue weighted by Crippen LogP contribution is -2.49. The van der Waals surface area contributed by atoms with Gasteiger partial charge in [0.15, 0.2) is 6.61 Å². The molecule has 2 rings (SSSR count). The van der Waals surface area contributed by atoms with Gasteiger partial charge >= 0.3 is 0 Å². The Morgan fingerprint density at radius 3 is 2.33 bits per heavy atom. The van der Waals surface area contributed by atoms with Crippen molar-refractivity contribution in [1.29, 1.82) is 0 Å². The smallest absolute Gasteiger partial charge is 0.276 e. The minimum Gasteiger partial charge on any atom is -0.493 e. The average molecular weight is 413 g/mol. The van der Waals surface area contributed by atoms with Crippen LogP contribution in [0.2, 0.25) is 0 Å². The fraction of sp³-hybridized carbons (Fsp3) is 0.417. The summed E-state index contributed by atoms with van der Waals surface area (Å²) in [5.74, 6) is 0.848. The molecule has 2 aromatic rings. The minimum atomic E-state index is -0.644. The van der Waals surface area contributed by atoms with Gasteiger partial charge in [0.1, 0.15) is 11.5 Å². The Kier molecular flexibility index (Phi) is 8.27. The molecule has 0 atom stereocenters. The number of aryl methyl sites for hydroxylation is 3. The maximum atomic E-state index is 12.5. The molecule has 0 radical (unpaired) electrons. The van der Waals surface area contributed by atoms with Gasteiger partial charge in [-0.1, -0.05) is 44.2 Å². The number of hydrazine groups is 1. The molecule has 0 aromatic heterocycles. The summed E-state index contributed by atoms with van der Waals surface area (Å²) in [4.78, 5) is 24.4. The molecule has 30 heavy (non-hydrogen) atoms. The van der Waals surface area contributed by atoms with Crippen LogP contribution in [-0.4, -0.2) is 25.0 Å². The van der Waals surface area contributed by atoms with Crippen molar-refractivity contribution in [2.24, 2.45) is 5.41 Å². The van der Waals surface area contributed by atoms with Gasteiger partial charge in [-0.2, -0.15) is 0 Å². The molecule has 2 N–H and O–H groups in total. The lowest BCUT2D eigenvalue weighted by atomic mass is 9.87. The molecule has 0 heterocycles. The van der Waals surface area contributed by atoms with Crippen molar-refractivity contribution in [3.05, 3.63) is 59.2 Å². The molecular formula is C24H32N2O4. The fourth-order valence-electron chi connectivity index (χ4n) is 2.87. The van der Waals surface area contributed by atoms with Crippen LogP contribution in [0, 0.1) is 26.2 Å². The van der Waals surface area contributed by atoms with Crippen molar-refractivity contribution < 1.29 is 19.1 Å². The highest BCUT2D eigenvalue weighted by Gasteiger charge is 2.27. The maximum Gasteiger partial charge on any atom is 0.276 e. The molecule has 2 aromatic carbocycles. The number of hydrogen-bond acceptors (Lipinski definition) is 4. The number of rotatable bonds is 9. The second kappa shape index (κ2) is 10.7. The van der Waals surface area contributed by atoms with Crippen LogP contribution in [0.3, 0.4) is 0 Å². The first-order valence-corrected chi connectivity index (χ1v) is 10.2. The molecule has 2 amide bonds. The number of amides is 2. The Balaban J connectivity index is 1.71. The number of nitrogens with one attached hydrogen (secondary N) is 2. The third-order valence-electron chi connectivity index (χ3n) is 4.93. The third kappa shape index (κ3) is 7.10. The number of carbonyl (C=O) groups excluding carboxylic acids is 2. The Morgan fingerprint density at radius 1 is 0.900 bits per heavy atom. The van der Waals surface area contributed by atoms with Gasteiger partial charge in [0, 0.05) is 5.41 Å². The van der Waals surface area contributed by atoms with E-state index in [0.29, 0.717) is 18.8 Å². The van der Waals surface area contributed by atoms with E-state index in [1.165, 1.54) is 0 Å². The Bertz CT molecular complexity index is 877. The first-order chi connectivity index (χ1) is 14.2. The highest BCUT2D eigenvalue weighted by atomic mass is 16.5. The molecular weight excluding hydrogens is 380 g/mol. The second-order valence-electron chi connectivity index (χ2n) is 8.16. The van der Waals surface area contributed by atoms with E-state index in [-0.39, 0.29) is 12.5 Å². The fourth-order valence-corrected chi connectivity index (χ4v) is 2.87. The zero-order valence-electron chi connectivity index (χ0n) is 18.5. The predicted octanol–water partition coefficient (Wildman–Crippen LogP) is 4.02. The van der Waals surface area contributed by atoms with E-state index in [4.69, 9.17) is 9.47 Å². The molecule has 0 spiro atoms. The Labute approximate surface area is 178 Å². The molecule has 0 aliphatic heterocycles. The average Bonchev–Trinajstić information content (AvgIpc) is 2.71. The molecule has 0 saturated heterocycles. The van der Waals surface area contributed by atoms with Crippen molar-refractivity contribution in [1.82, 2.24) is 10.9 Å². The molecule has 6 nitrogen and oxygen atoms in total. The van der Waals surface area contributed by atoms with Gasteiger partial charge in [0.25, 0.3) is 5.91 Å². The molecule has 0 bridgehead atoms. The van der Waals surface area contributed by atoms with Crippen molar-refractivity contribution in [2.45, 2.75) is 47.5 Å². The third-order valence-corrected chi connectivity index (χ3v) is 4.93. The van der Waals surface area contributed by atoms with Gasteiger partial charge in [-0.05, 0) is 62.4 Å². The topological polar surface area (TPSA) is 76.7 Å². The zero-order chi connectivity index (χ0) is 22.1. The van der Waals surface area contributed by atoms with E-state index in [0.717, 1.165) is 28.9 Å². The quantitative estimate of drug-likeness (QED) is 0.482. The van der Waals surface area contributed by atoms with Gasteiger partial charge in [-0.15, -0.1) is 0 Å². The normalized spacial score (nSPS) is 11.0. The largest absolute Gasteiger partial charge is 0.493 e. The number of para-hydroxylation sites is 1. The van der Waals surface area contributed by atoms with Gasteiger partial charge in [0.05, 0.1) is 6.61 Å².